The number of nitrogens with zero attached hydrogens (tertiary/aromatic N) is 1. The number of nitrogens with one attached hydrogen (secondary N) is 3. The zero-order chi connectivity index (χ0) is 17.8. The van der Waals surface area contributed by atoms with Crippen LogP contribution in [0.4, 0.5) is 5.69 Å². The summed E-state index contributed by atoms with van der Waals surface area (Å²) in [7, 11) is 1.86. The SMILES string of the molecule is CNCCC(C(=O)Nc1ccc2[nH]ncc2c1)c1ccc(Cl)c(Cl)c1. The molecule has 0 aliphatic rings. The number of halogens is 2. The number of rotatable bonds is 6. The predicted molar refractivity (Wildman–Crippen MR) is 102 cm³/mol. The van der Waals surface area contributed by atoms with Crippen molar-refractivity contribution >= 4 is 45.7 Å². The Hall–Kier alpha value is -2.08. The Labute approximate surface area is 155 Å². The third-order valence-corrected chi connectivity index (χ3v) is 4.79. The molecular weight excluding hydrogens is 359 g/mol. The molecule has 0 saturated carbocycles. The quantitative estimate of drug-likeness (QED) is 0.603. The molecule has 0 bridgehead atoms. The molecule has 1 amide bonds. The van der Waals surface area contributed by atoms with E-state index in [2.05, 4.69) is 20.8 Å². The van der Waals surface area contributed by atoms with Crippen LogP contribution >= 0.6 is 23.2 Å². The van der Waals surface area contributed by atoms with Crippen LogP contribution in [-0.4, -0.2) is 29.7 Å². The lowest BCUT2D eigenvalue weighted by Crippen LogP contribution is -2.24. The van der Waals surface area contributed by atoms with Gasteiger partial charge in [0.15, 0.2) is 0 Å². The van der Waals surface area contributed by atoms with E-state index >= 15 is 0 Å². The minimum atomic E-state index is -0.331. The molecule has 3 rings (SSSR count). The summed E-state index contributed by atoms with van der Waals surface area (Å²) in [5.74, 6) is -0.418. The fourth-order valence-corrected chi connectivity index (χ4v) is 3.02. The minimum Gasteiger partial charge on any atom is -0.326 e. The number of carbonyl (C=O) groups is 1. The first-order valence-electron chi connectivity index (χ1n) is 7.92. The van der Waals surface area contributed by atoms with Crippen LogP contribution in [0.5, 0.6) is 0 Å². The molecule has 7 heteroatoms. The second kappa shape index (κ2) is 7.87. The van der Waals surface area contributed by atoms with Gasteiger partial charge in [-0.3, -0.25) is 9.89 Å². The Morgan fingerprint density at radius 1 is 1.20 bits per heavy atom. The van der Waals surface area contributed by atoms with E-state index < -0.39 is 0 Å². The van der Waals surface area contributed by atoms with Gasteiger partial charge in [0.05, 0.1) is 27.7 Å². The van der Waals surface area contributed by atoms with E-state index in [0.29, 0.717) is 23.0 Å². The number of aromatic amines is 1. The van der Waals surface area contributed by atoms with E-state index in [0.717, 1.165) is 22.2 Å². The second-order valence-corrected chi connectivity index (χ2v) is 6.59. The van der Waals surface area contributed by atoms with Gasteiger partial charge >= 0.3 is 0 Å². The topological polar surface area (TPSA) is 69.8 Å². The zero-order valence-corrected chi connectivity index (χ0v) is 15.2. The smallest absolute Gasteiger partial charge is 0.231 e. The molecule has 2 aromatic carbocycles. The largest absolute Gasteiger partial charge is 0.326 e. The van der Waals surface area contributed by atoms with Crippen molar-refractivity contribution in [3.63, 3.8) is 0 Å². The Morgan fingerprint density at radius 3 is 2.80 bits per heavy atom. The number of aromatic nitrogens is 2. The Morgan fingerprint density at radius 2 is 2.04 bits per heavy atom. The van der Waals surface area contributed by atoms with E-state index in [9.17, 15) is 4.79 Å². The molecule has 1 unspecified atom stereocenters. The highest BCUT2D eigenvalue weighted by Crippen LogP contribution is 2.29. The van der Waals surface area contributed by atoms with Crippen LogP contribution in [0.2, 0.25) is 10.0 Å². The molecule has 25 heavy (non-hydrogen) atoms. The maximum absolute atomic E-state index is 12.9. The highest BCUT2D eigenvalue weighted by Gasteiger charge is 2.21. The molecule has 5 nitrogen and oxygen atoms in total. The number of anilines is 1. The van der Waals surface area contributed by atoms with Crippen molar-refractivity contribution in [1.82, 2.24) is 15.5 Å². The fourth-order valence-electron chi connectivity index (χ4n) is 2.72. The van der Waals surface area contributed by atoms with Gasteiger partial charge in [-0.2, -0.15) is 5.10 Å². The van der Waals surface area contributed by atoms with Crippen molar-refractivity contribution in [2.75, 3.05) is 18.9 Å². The first-order chi connectivity index (χ1) is 12.1. The molecule has 0 fully saturated rings. The average molecular weight is 377 g/mol. The lowest BCUT2D eigenvalue weighted by Gasteiger charge is -2.18. The maximum Gasteiger partial charge on any atom is 0.231 e. The Kier molecular flexibility index (Phi) is 5.58. The summed E-state index contributed by atoms with van der Waals surface area (Å²) in [6.45, 7) is 0.707. The lowest BCUT2D eigenvalue weighted by atomic mass is 9.94. The third-order valence-electron chi connectivity index (χ3n) is 4.05. The van der Waals surface area contributed by atoms with Gasteiger partial charge in [-0.05, 0) is 55.9 Å². The Balaban J connectivity index is 1.83. The summed E-state index contributed by atoms with van der Waals surface area (Å²) in [5, 5.41) is 14.8. The monoisotopic (exact) mass is 376 g/mol. The molecule has 1 heterocycles. The standard InChI is InChI=1S/C18H18Cl2N4O/c1-21-7-6-14(11-2-4-15(19)16(20)9-11)18(25)23-13-3-5-17-12(8-13)10-22-24-17/h2-5,8-10,14,21H,6-7H2,1H3,(H,22,24)(H,23,25). The number of hydrogen-bond acceptors (Lipinski definition) is 3. The summed E-state index contributed by atoms with van der Waals surface area (Å²) in [6, 6.07) is 10.9. The molecule has 130 valence electrons. The number of hydrogen-bond donors (Lipinski definition) is 3. The van der Waals surface area contributed by atoms with E-state index in [1.165, 1.54) is 0 Å². The summed E-state index contributed by atoms with van der Waals surface area (Å²) in [6.07, 6.45) is 2.37. The highest BCUT2D eigenvalue weighted by atomic mass is 35.5. The van der Waals surface area contributed by atoms with E-state index in [-0.39, 0.29) is 11.8 Å². The second-order valence-electron chi connectivity index (χ2n) is 5.78. The van der Waals surface area contributed by atoms with Gasteiger partial charge in [0.1, 0.15) is 0 Å². The molecule has 0 aliphatic carbocycles. The van der Waals surface area contributed by atoms with Crippen molar-refractivity contribution < 1.29 is 4.79 Å². The maximum atomic E-state index is 12.9. The van der Waals surface area contributed by atoms with Crippen LogP contribution in [0.3, 0.4) is 0 Å². The van der Waals surface area contributed by atoms with Gasteiger partial charge in [-0.15, -0.1) is 0 Å². The van der Waals surface area contributed by atoms with Gasteiger partial charge < -0.3 is 10.6 Å². The molecule has 0 radical (unpaired) electrons. The van der Waals surface area contributed by atoms with E-state index in [4.69, 9.17) is 23.2 Å². The van der Waals surface area contributed by atoms with Gasteiger partial charge in [0.25, 0.3) is 0 Å². The summed E-state index contributed by atoms with van der Waals surface area (Å²) in [5.41, 5.74) is 2.49. The normalized spacial score (nSPS) is 12.3. The summed E-state index contributed by atoms with van der Waals surface area (Å²) >= 11 is 12.1. The predicted octanol–water partition coefficient (Wildman–Crippen LogP) is 4.20. The number of carbonyl (C=O) groups excluding carboxylic acids is 1. The fraction of sp³-hybridized carbons (Fsp3) is 0.222. The third kappa shape index (κ3) is 4.12. The zero-order valence-electron chi connectivity index (χ0n) is 13.6. The Bertz CT molecular complexity index is 894. The van der Waals surface area contributed by atoms with Gasteiger partial charge in [0, 0.05) is 11.1 Å². The van der Waals surface area contributed by atoms with Crippen LogP contribution in [-0.2, 0) is 4.79 Å². The van der Waals surface area contributed by atoms with Crippen molar-refractivity contribution in [2.24, 2.45) is 0 Å². The first-order valence-corrected chi connectivity index (χ1v) is 8.67. The molecule has 3 N–H and O–H groups in total. The molecule has 0 saturated heterocycles. The molecule has 0 aliphatic heterocycles. The van der Waals surface area contributed by atoms with Crippen molar-refractivity contribution in [3.8, 4) is 0 Å². The molecular formula is C18H18Cl2N4O. The molecule has 1 aromatic heterocycles. The first kappa shape index (κ1) is 17.7. The van der Waals surface area contributed by atoms with Crippen LogP contribution in [0.25, 0.3) is 10.9 Å². The van der Waals surface area contributed by atoms with Crippen molar-refractivity contribution in [2.45, 2.75) is 12.3 Å². The summed E-state index contributed by atoms with van der Waals surface area (Å²) in [4.78, 5) is 12.9. The van der Waals surface area contributed by atoms with Crippen LogP contribution in [0.1, 0.15) is 17.9 Å². The average Bonchev–Trinajstić information content (AvgIpc) is 3.06. The van der Waals surface area contributed by atoms with E-state index in [1.54, 1.807) is 18.3 Å². The van der Waals surface area contributed by atoms with Crippen LogP contribution in [0.15, 0.2) is 42.6 Å². The van der Waals surface area contributed by atoms with Crippen LogP contribution < -0.4 is 10.6 Å². The molecule has 1 atom stereocenters. The number of fused-ring (bicyclic) bond motifs is 1. The highest BCUT2D eigenvalue weighted by molar-refractivity contribution is 6.42. The van der Waals surface area contributed by atoms with E-state index in [1.807, 2.05) is 31.3 Å². The number of amides is 1. The number of H-pyrrole nitrogens is 1. The summed E-state index contributed by atoms with van der Waals surface area (Å²) < 4.78 is 0. The van der Waals surface area contributed by atoms with Gasteiger partial charge in [-0.1, -0.05) is 29.3 Å². The van der Waals surface area contributed by atoms with Gasteiger partial charge in [0.2, 0.25) is 5.91 Å². The van der Waals surface area contributed by atoms with Crippen LogP contribution in [0, 0.1) is 0 Å². The number of benzene rings is 2. The molecule has 0 spiro atoms. The lowest BCUT2D eigenvalue weighted by molar-refractivity contribution is -0.117. The van der Waals surface area contributed by atoms with Crippen molar-refractivity contribution in [1.29, 1.82) is 0 Å². The molecule has 3 aromatic rings. The van der Waals surface area contributed by atoms with Gasteiger partial charge in [-0.25, -0.2) is 0 Å². The van der Waals surface area contributed by atoms with Crippen molar-refractivity contribution in [3.05, 3.63) is 58.2 Å². The minimum absolute atomic E-state index is 0.0866.